The van der Waals surface area contributed by atoms with Gasteiger partial charge in [-0.05, 0) is 25.0 Å². The van der Waals surface area contributed by atoms with Crippen LogP contribution in [-0.2, 0) is 9.59 Å². The van der Waals surface area contributed by atoms with Crippen molar-refractivity contribution in [3.8, 4) is 0 Å². The molecule has 1 aliphatic rings. The van der Waals surface area contributed by atoms with E-state index in [2.05, 4.69) is 10.2 Å². The van der Waals surface area contributed by atoms with Gasteiger partial charge in [-0.3, -0.25) is 9.59 Å². The number of nitrogens with two attached hydrogens (primary N) is 2. The van der Waals surface area contributed by atoms with Crippen molar-refractivity contribution in [1.29, 1.82) is 0 Å². The minimum atomic E-state index is -0.917. The van der Waals surface area contributed by atoms with Crippen molar-refractivity contribution in [1.82, 2.24) is 0 Å². The summed E-state index contributed by atoms with van der Waals surface area (Å²) >= 11 is 0. The van der Waals surface area contributed by atoms with Crippen LogP contribution in [0.15, 0.2) is 24.3 Å². The van der Waals surface area contributed by atoms with Gasteiger partial charge in [0.05, 0.1) is 23.8 Å². The second-order valence-electron chi connectivity index (χ2n) is 4.98. The Morgan fingerprint density at radius 2 is 1.90 bits per heavy atom. The predicted molar refractivity (Wildman–Crippen MR) is 78.3 cm³/mol. The highest BCUT2D eigenvalue weighted by Crippen LogP contribution is 2.28. The Morgan fingerprint density at radius 3 is 2.55 bits per heavy atom. The van der Waals surface area contributed by atoms with Crippen molar-refractivity contribution in [2.24, 2.45) is 11.5 Å². The van der Waals surface area contributed by atoms with Gasteiger partial charge in [0.15, 0.2) is 0 Å². The van der Waals surface area contributed by atoms with Gasteiger partial charge in [-0.2, -0.15) is 0 Å². The molecule has 0 saturated carbocycles. The first kappa shape index (κ1) is 14.3. The molecule has 0 aromatic heterocycles. The van der Waals surface area contributed by atoms with Gasteiger partial charge in [0.25, 0.3) is 0 Å². The van der Waals surface area contributed by atoms with Gasteiger partial charge >= 0.3 is 0 Å². The maximum absolute atomic E-state index is 12.0. The summed E-state index contributed by atoms with van der Waals surface area (Å²) in [7, 11) is 0. The zero-order valence-corrected chi connectivity index (χ0v) is 11.3. The van der Waals surface area contributed by atoms with E-state index in [-0.39, 0.29) is 6.42 Å². The van der Waals surface area contributed by atoms with Crippen LogP contribution < -0.4 is 21.7 Å². The number of primary amides is 1. The molecule has 6 heteroatoms. The van der Waals surface area contributed by atoms with Gasteiger partial charge in [0.2, 0.25) is 11.8 Å². The molecule has 1 saturated heterocycles. The van der Waals surface area contributed by atoms with E-state index in [0.717, 1.165) is 37.3 Å². The molecule has 1 aromatic rings. The zero-order valence-electron chi connectivity index (χ0n) is 11.3. The summed E-state index contributed by atoms with van der Waals surface area (Å²) in [6.07, 6.45) is 2.16. The summed E-state index contributed by atoms with van der Waals surface area (Å²) in [5.41, 5.74) is 12.4. The Balaban J connectivity index is 2.08. The van der Waals surface area contributed by atoms with E-state index in [4.69, 9.17) is 11.5 Å². The molecule has 1 aliphatic heterocycles. The number of amides is 2. The number of carbonyl (C=O) groups is 2. The van der Waals surface area contributed by atoms with Crippen molar-refractivity contribution in [2.75, 3.05) is 23.3 Å². The van der Waals surface area contributed by atoms with Gasteiger partial charge in [-0.25, -0.2) is 0 Å². The Kier molecular flexibility index (Phi) is 4.57. The fourth-order valence-electron chi connectivity index (χ4n) is 2.35. The largest absolute Gasteiger partial charge is 0.370 e. The second kappa shape index (κ2) is 6.38. The molecule has 1 unspecified atom stereocenters. The van der Waals surface area contributed by atoms with E-state index >= 15 is 0 Å². The lowest BCUT2D eigenvalue weighted by molar-refractivity contribution is -0.123. The quantitative estimate of drug-likeness (QED) is 0.725. The summed E-state index contributed by atoms with van der Waals surface area (Å²) in [5, 5.41) is 2.78. The third kappa shape index (κ3) is 3.48. The second-order valence-corrected chi connectivity index (χ2v) is 4.98. The standard InChI is InChI=1S/C14H20N4O2/c15-10(9-13(16)19)14(20)17-11-5-1-2-6-12(11)18-7-3-4-8-18/h1-2,5-6,10H,3-4,7-9,15H2,(H2,16,19)(H,17,20). The lowest BCUT2D eigenvalue weighted by Gasteiger charge is -2.22. The number of carbonyl (C=O) groups excluding carboxylic acids is 2. The molecule has 1 heterocycles. The molecular weight excluding hydrogens is 256 g/mol. The third-order valence-corrected chi connectivity index (χ3v) is 3.37. The van der Waals surface area contributed by atoms with Crippen LogP contribution >= 0.6 is 0 Å². The first-order chi connectivity index (χ1) is 9.58. The van der Waals surface area contributed by atoms with Crippen molar-refractivity contribution >= 4 is 23.2 Å². The van der Waals surface area contributed by atoms with Gasteiger partial charge in [-0.15, -0.1) is 0 Å². The Hall–Kier alpha value is -2.08. The first-order valence-corrected chi connectivity index (χ1v) is 6.76. The molecule has 108 valence electrons. The van der Waals surface area contributed by atoms with E-state index < -0.39 is 17.9 Å². The number of hydrogen-bond acceptors (Lipinski definition) is 4. The molecule has 1 atom stereocenters. The lowest BCUT2D eigenvalue weighted by atomic mass is 10.2. The number of rotatable bonds is 5. The molecule has 5 N–H and O–H groups in total. The molecule has 1 fully saturated rings. The van der Waals surface area contributed by atoms with Gasteiger partial charge < -0.3 is 21.7 Å². The number of anilines is 2. The maximum atomic E-state index is 12.0. The van der Waals surface area contributed by atoms with Crippen LogP contribution in [0.5, 0.6) is 0 Å². The van der Waals surface area contributed by atoms with Crippen LogP contribution in [-0.4, -0.2) is 30.9 Å². The SMILES string of the molecule is NC(=O)CC(N)C(=O)Nc1ccccc1N1CCCC1. The average Bonchev–Trinajstić information content (AvgIpc) is 2.92. The highest BCUT2D eigenvalue weighted by atomic mass is 16.2. The molecular formula is C14H20N4O2. The smallest absolute Gasteiger partial charge is 0.241 e. The van der Waals surface area contributed by atoms with Gasteiger partial charge in [0, 0.05) is 13.1 Å². The summed E-state index contributed by atoms with van der Waals surface area (Å²) in [4.78, 5) is 25.0. The van der Waals surface area contributed by atoms with E-state index in [9.17, 15) is 9.59 Å². The summed E-state index contributed by atoms with van der Waals surface area (Å²) < 4.78 is 0. The number of para-hydroxylation sites is 2. The van der Waals surface area contributed by atoms with Gasteiger partial charge in [-0.1, -0.05) is 12.1 Å². The molecule has 0 radical (unpaired) electrons. The Morgan fingerprint density at radius 1 is 1.25 bits per heavy atom. The topological polar surface area (TPSA) is 101 Å². The minimum absolute atomic E-state index is 0.155. The molecule has 0 bridgehead atoms. The average molecular weight is 276 g/mol. The van der Waals surface area contributed by atoms with Crippen LogP contribution in [0.3, 0.4) is 0 Å². The maximum Gasteiger partial charge on any atom is 0.241 e. The molecule has 20 heavy (non-hydrogen) atoms. The number of nitrogens with zero attached hydrogens (tertiary/aromatic N) is 1. The van der Waals surface area contributed by atoms with Crippen LogP contribution in [0.25, 0.3) is 0 Å². The molecule has 2 rings (SSSR count). The molecule has 2 amide bonds. The monoisotopic (exact) mass is 276 g/mol. The van der Waals surface area contributed by atoms with E-state index in [1.54, 1.807) is 0 Å². The van der Waals surface area contributed by atoms with Crippen molar-refractivity contribution < 1.29 is 9.59 Å². The lowest BCUT2D eigenvalue weighted by Crippen LogP contribution is -2.39. The van der Waals surface area contributed by atoms with E-state index in [1.165, 1.54) is 0 Å². The zero-order chi connectivity index (χ0) is 14.5. The van der Waals surface area contributed by atoms with Gasteiger partial charge in [0.1, 0.15) is 0 Å². The summed E-state index contributed by atoms with van der Waals surface area (Å²) in [6.45, 7) is 1.97. The molecule has 0 spiro atoms. The fourth-order valence-corrected chi connectivity index (χ4v) is 2.35. The molecule has 6 nitrogen and oxygen atoms in total. The van der Waals surface area contributed by atoms with Crippen molar-refractivity contribution in [2.45, 2.75) is 25.3 Å². The molecule has 1 aromatic carbocycles. The van der Waals surface area contributed by atoms with Crippen molar-refractivity contribution in [3.05, 3.63) is 24.3 Å². The van der Waals surface area contributed by atoms with E-state index in [1.807, 2.05) is 24.3 Å². The van der Waals surface area contributed by atoms with Crippen LogP contribution in [0.2, 0.25) is 0 Å². The highest BCUT2D eigenvalue weighted by Gasteiger charge is 2.20. The van der Waals surface area contributed by atoms with Crippen LogP contribution in [0.4, 0.5) is 11.4 Å². The predicted octanol–water partition coefficient (Wildman–Crippen LogP) is 0.428. The van der Waals surface area contributed by atoms with Crippen molar-refractivity contribution in [3.63, 3.8) is 0 Å². The minimum Gasteiger partial charge on any atom is -0.370 e. The number of hydrogen-bond donors (Lipinski definition) is 3. The Bertz CT molecular complexity index is 498. The fraction of sp³-hybridized carbons (Fsp3) is 0.429. The van der Waals surface area contributed by atoms with Crippen LogP contribution in [0.1, 0.15) is 19.3 Å². The van der Waals surface area contributed by atoms with Crippen LogP contribution in [0, 0.1) is 0 Å². The first-order valence-electron chi connectivity index (χ1n) is 6.76. The number of benzene rings is 1. The third-order valence-electron chi connectivity index (χ3n) is 3.37. The number of nitrogens with one attached hydrogen (secondary N) is 1. The summed E-state index contributed by atoms with van der Waals surface area (Å²) in [6, 6.07) is 6.68. The Labute approximate surface area is 118 Å². The van der Waals surface area contributed by atoms with E-state index in [0.29, 0.717) is 0 Å². The summed E-state index contributed by atoms with van der Waals surface area (Å²) in [5.74, 6) is -0.976. The molecule has 0 aliphatic carbocycles. The normalized spacial score (nSPS) is 15.9. The highest BCUT2D eigenvalue weighted by molar-refractivity contribution is 5.99.